The van der Waals surface area contributed by atoms with E-state index in [-0.39, 0.29) is 18.0 Å². The van der Waals surface area contributed by atoms with E-state index in [1.165, 1.54) is 0 Å². The SMILES string of the molecule is COc1ccc(C(C)NC(C)C(=O)NC2CC2)cc1Br. The van der Waals surface area contributed by atoms with Crippen LogP contribution in [-0.2, 0) is 4.79 Å². The van der Waals surface area contributed by atoms with Crippen molar-refractivity contribution in [1.82, 2.24) is 10.6 Å². The van der Waals surface area contributed by atoms with Gasteiger partial charge in [0, 0.05) is 12.1 Å². The summed E-state index contributed by atoms with van der Waals surface area (Å²) in [7, 11) is 1.64. The molecule has 4 nitrogen and oxygen atoms in total. The first-order chi connectivity index (χ1) is 9.51. The van der Waals surface area contributed by atoms with Gasteiger partial charge < -0.3 is 10.1 Å². The summed E-state index contributed by atoms with van der Waals surface area (Å²) in [6.07, 6.45) is 2.22. The third-order valence-corrected chi connectivity index (χ3v) is 4.11. The molecule has 1 aliphatic carbocycles. The van der Waals surface area contributed by atoms with Crippen LogP contribution in [0.4, 0.5) is 0 Å². The van der Waals surface area contributed by atoms with Gasteiger partial charge in [0.25, 0.3) is 0 Å². The molecule has 110 valence electrons. The number of ether oxygens (including phenoxy) is 1. The van der Waals surface area contributed by atoms with Crippen molar-refractivity contribution in [2.45, 2.75) is 44.8 Å². The van der Waals surface area contributed by atoms with Gasteiger partial charge in [0.15, 0.2) is 0 Å². The summed E-state index contributed by atoms with van der Waals surface area (Å²) in [5.74, 6) is 0.882. The van der Waals surface area contributed by atoms with Crippen molar-refractivity contribution in [3.8, 4) is 5.75 Å². The summed E-state index contributed by atoms with van der Waals surface area (Å²) < 4.78 is 6.14. The Kier molecular flexibility index (Phi) is 5.05. The number of benzene rings is 1. The lowest BCUT2D eigenvalue weighted by molar-refractivity contribution is -0.123. The number of methoxy groups -OCH3 is 1. The van der Waals surface area contributed by atoms with Crippen LogP contribution in [0.5, 0.6) is 5.75 Å². The maximum atomic E-state index is 11.9. The fourth-order valence-corrected chi connectivity index (χ4v) is 2.61. The van der Waals surface area contributed by atoms with E-state index < -0.39 is 0 Å². The normalized spacial score (nSPS) is 17.4. The van der Waals surface area contributed by atoms with E-state index in [0.29, 0.717) is 6.04 Å². The molecule has 0 bridgehead atoms. The number of amides is 1. The third-order valence-electron chi connectivity index (χ3n) is 3.49. The minimum absolute atomic E-state index is 0.0759. The smallest absolute Gasteiger partial charge is 0.237 e. The molecule has 2 rings (SSSR count). The Morgan fingerprint density at radius 3 is 2.65 bits per heavy atom. The molecule has 1 amide bonds. The largest absolute Gasteiger partial charge is 0.496 e. The van der Waals surface area contributed by atoms with E-state index in [4.69, 9.17) is 4.74 Å². The second-order valence-electron chi connectivity index (χ2n) is 5.29. The molecule has 1 aromatic rings. The van der Waals surface area contributed by atoms with Crippen LogP contribution in [0.3, 0.4) is 0 Å². The first-order valence-electron chi connectivity index (χ1n) is 6.91. The van der Waals surface area contributed by atoms with Crippen molar-refractivity contribution in [2.24, 2.45) is 0 Å². The van der Waals surface area contributed by atoms with Crippen LogP contribution >= 0.6 is 15.9 Å². The van der Waals surface area contributed by atoms with Gasteiger partial charge in [-0.05, 0) is 60.3 Å². The molecular weight excluding hydrogens is 320 g/mol. The number of hydrogen-bond donors (Lipinski definition) is 2. The quantitative estimate of drug-likeness (QED) is 0.837. The van der Waals surface area contributed by atoms with Crippen molar-refractivity contribution in [3.63, 3.8) is 0 Å². The third kappa shape index (κ3) is 3.96. The highest BCUT2D eigenvalue weighted by Crippen LogP contribution is 2.28. The highest BCUT2D eigenvalue weighted by molar-refractivity contribution is 9.10. The van der Waals surface area contributed by atoms with Crippen molar-refractivity contribution < 1.29 is 9.53 Å². The Hall–Kier alpha value is -1.07. The van der Waals surface area contributed by atoms with Gasteiger partial charge in [0.05, 0.1) is 17.6 Å². The van der Waals surface area contributed by atoms with Crippen molar-refractivity contribution in [1.29, 1.82) is 0 Å². The summed E-state index contributed by atoms with van der Waals surface area (Å²) >= 11 is 3.48. The lowest BCUT2D eigenvalue weighted by Crippen LogP contribution is -2.43. The van der Waals surface area contributed by atoms with Gasteiger partial charge in [-0.3, -0.25) is 10.1 Å². The summed E-state index contributed by atoms with van der Waals surface area (Å²) in [5, 5.41) is 6.33. The molecule has 2 N–H and O–H groups in total. The summed E-state index contributed by atoms with van der Waals surface area (Å²) in [6, 6.07) is 6.24. The standard InChI is InChI=1S/C15H21BrN2O2/c1-9(11-4-7-14(20-3)13(16)8-11)17-10(2)15(19)18-12-5-6-12/h4,7-10,12,17H,5-6H2,1-3H3,(H,18,19). The number of carbonyl (C=O) groups excluding carboxylic acids is 1. The molecule has 1 aromatic carbocycles. The minimum atomic E-state index is -0.202. The fourth-order valence-electron chi connectivity index (χ4n) is 2.05. The van der Waals surface area contributed by atoms with E-state index in [2.05, 4.69) is 33.5 Å². The van der Waals surface area contributed by atoms with Gasteiger partial charge in [-0.1, -0.05) is 6.07 Å². The Labute approximate surface area is 128 Å². The monoisotopic (exact) mass is 340 g/mol. The fraction of sp³-hybridized carbons (Fsp3) is 0.533. The minimum Gasteiger partial charge on any atom is -0.496 e. The molecule has 0 radical (unpaired) electrons. The average molecular weight is 341 g/mol. The lowest BCUT2D eigenvalue weighted by atomic mass is 10.1. The first kappa shape index (κ1) is 15.3. The molecule has 0 heterocycles. The maximum Gasteiger partial charge on any atom is 0.237 e. The van der Waals surface area contributed by atoms with Crippen molar-refractivity contribution in [3.05, 3.63) is 28.2 Å². The van der Waals surface area contributed by atoms with Gasteiger partial charge >= 0.3 is 0 Å². The van der Waals surface area contributed by atoms with Crippen LogP contribution < -0.4 is 15.4 Å². The molecular formula is C15H21BrN2O2. The molecule has 1 saturated carbocycles. The Balaban J connectivity index is 1.94. The summed E-state index contributed by atoms with van der Waals surface area (Å²) in [4.78, 5) is 11.9. The van der Waals surface area contributed by atoms with Crippen molar-refractivity contribution >= 4 is 21.8 Å². The highest BCUT2D eigenvalue weighted by atomic mass is 79.9. The van der Waals surface area contributed by atoms with Crippen LogP contribution in [-0.4, -0.2) is 25.1 Å². The summed E-state index contributed by atoms with van der Waals surface area (Å²) in [5.41, 5.74) is 1.11. The highest BCUT2D eigenvalue weighted by Gasteiger charge is 2.26. The molecule has 0 aromatic heterocycles. The molecule has 20 heavy (non-hydrogen) atoms. The number of rotatable bonds is 6. The van der Waals surface area contributed by atoms with E-state index in [1.54, 1.807) is 7.11 Å². The van der Waals surface area contributed by atoms with Gasteiger partial charge in [-0.15, -0.1) is 0 Å². The van der Waals surface area contributed by atoms with Gasteiger partial charge in [-0.2, -0.15) is 0 Å². The maximum absolute atomic E-state index is 11.9. The van der Waals surface area contributed by atoms with Crippen LogP contribution in [0, 0.1) is 0 Å². The molecule has 5 heteroatoms. The number of halogens is 1. The Bertz CT molecular complexity index is 489. The predicted octanol–water partition coefficient (Wildman–Crippen LogP) is 2.78. The Morgan fingerprint density at radius 1 is 1.40 bits per heavy atom. The van der Waals surface area contributed by atoms with E-state index in [1.807, 2.05) is 25.1 Å². The Morgan fingerprint density at radius 2 is 2.10 bits per heavy atom. The van der Waals surface area contributed by atoms with Crippen LogP contribution in [0.1, 0.15) is 38.3 Å². The molecule has 2 atom stereocenters. The second kappa shape index (κ2) is 6.59. The van der Waals surface area contributed by atoms with Crippen LogP contribution in [0.25, 0.3) is 0 Å². The average Bonchev–Trinajstić information content (AvgIpc) is 3.22. The van der Waals surface area contributed by atoms with Gasteiger partial charge in [-0.25, -0.2) is 0 Å². The molecule has 0 saturated heterocycles. The number of carbonyl (C=O) groups is 1. The zero-order chi connectivity index (χ0) is 14.7. The number of nitrogens with one attached hydrogen (secondary N) is 2. The lowest BCUT2D eigenvalue weighted by Gasteiger charge is -2.20. The second-order valence-corrected chi connectivity index (χ2v) is 6.14. The van der Waals surface area contributed by atoms with Gasteiger partial charge in [0.2, 0.25) is 5.91 Å². The van der Waals surface area contributed by atoms with E-state index >= 15 is 0 Å². The molecule has 0 spiro atoms. The zero-order valence-electron chi connectivity index (χ0n) is 12.1. The van der Waals surface area contributed by atoms with E-state index in [9.17, 15) is 4.79 Å². The van der Waals surface area contributed by atoms with E-state index in [0.717, 1.165) is 28.6 Å². The van der Waals surface area contributed by atoms with Crippen LogP contribution in [0.2, 0.25) is 0 Å². The van der Waals surface area contributed by atoms with Crippen LogP contribution in [0.15, 0.2) is 22.7 Å². The molecule has 1 aliphatic rings. The summed E-state index contributed by atoms with van der Waals surface area (Å²) in [6.45, 7) is 3.95. The molecule has 0 aliphatic heterocycles. The first-order valence-corrected chi connectivity index (χ1v) is 7.70. The zero-order valence-corrected chi connectivity index (χ0v) is 13.7. The molecule has 2 unspecified atom stereocenters. The van der Waals surface area contributed by atoms with Crippen molar-refractivity contribution in [2.75, 3.05) is 7.11 Å². The number of hydrogen-bond acceptors (Lipinski definition) is 3. The topological polar surface area (TPSA) is 50.4 Å². The van der Waals surface area contributed by atoms with Gasteiger partial charge in [0.1, 0.15) is 5.75 Å². The predicted molar refractivity (Wildman–Crippen MR) is 82.9 cm³/mol. The molecule has 1 fully saturated rings.